The third kappa shape index (κ3) is 4.99. The largest absolute Gasteiger partial charge is 0.474 e. The van der Waals surface area contributed by atoms with Gasteiger partial charge < -0.3 is 9.47 Å². The third-order valence-electron chi connectivity index (χ3n) is 4.40. The topological polar surface area (TPSA) is 121 Å². The second-order valence-corrected chi connectivity index (χ2v) is 6.08. The molecule has 1 saturated carbocycles. The fourth-order valence-corrected chi connectivity index (χ4v) is 2.91. The third-order valence-corrected chi connectivity index (χ3v) is 4.40. The summed E-state index contributed by atoms with van der Waals surface area (Å²) in [4.78, 5) is 38.7. The van der Waals surface area contributed by atoms with Crippen molar-refractivity contribution in [1.29, 1.82) is 0 Å². The average molecular weight is 349 g/mol. The van der Waals surface area contributed by atoms with Crippen LogP contribution in [0.1, 0.15) is 36.9 Å². The maximum absolute atomic E-state index is 11.6. The van der Waals surface area contributed by atoms with Gasteiger partial charge >= 0.3 is 11.9 Å². The average Bonchev–Trinajstić information content (AvgIpc) is 2.63. The molecule has 25 heavy (non-hydrogen) atoms. The summed E-state index contributed by atoms with van der Waals surface area (Å²) < 4.78 is 10.7. The van der Waals surface area contributed by atoms with Gasteiger partial charge in [-0.25, -0.2) is 10.8 Å². The Morgan fingerprint density at radius 3 is 2.48 bits per heavy atom. The van der Waals surface area contributed by atoms with E-state index in [1.807, 2.05) is 5.43 Å². The Kier molecular flexibility index (Phi) is 6.46. The Bertz CT molecular complexity index is 654. The molecule has 0 saturated heterocycles. The van der Waals surface area contributed by atoms with E-state index in [2.05, 4.69) is 4.98 Å². The van der Waals surface area contributed by atoms with Gasteiger partial charge in [-0.15, -0.1) is 0 Å². The molecule has 0 atom stereocenters. The first kappa shape index (κ1) is 18.9. The molecule has 1 amide bonds. The lowest BCUT2D eigenvalue weighted by Gasteiger charge is -2.27. The van der Waals surface area contributed by atoms with E-state index >= 15 is 0 Å². The van der Waals surface area contributed by atoms with Gasteiger partial charge in [-0.3, -0.25) is 19.8 Å². The Labute approximate surface area is 146 Å². The van der Waals surface area contributed by atoms with Crippen LogP contribution in [0.25, 0.3) is 0 Å². The number of carbonyl (C=O) groups is 3. The quantitative estimate of drug-likeness (QED) is 0.254. The Balaban J connectivity index is 1.92. The van der Waals surface area contributed by atoms with Gasteiger partial charge in [0.05, 0.1) is 13.0 Å². The van der Waals surface area contributed by atoms with Gasteiger partial charge in [-0.1, -0.05) is 6.07 Å². The van der Waals surface area contributed by atoms with E-state index in [1.54, 1.807) is 19.1 Å². The van der Waals surface area contributed by atoms with Gasteiger partial charge in [0.2, 0.25) is 11.7 Å². The number of ketones is 1. The smallest absolute Gasteiger partial charge is 0.308 e. The van der Waals surface area contributed by atoms with Crippen molar-refractivity contribution in [2.75, 3.05) is 7.11 Å². The number of aryl methyl sites for hydroxylation is 1. The number of esters is 1. The van der Waals surface area contributed by atoms with Crippen molar-refractivity contribution < 1.29 is 23.9 Å². The summed E-state index contributed by atoms with van der Waals surface area (Å²) in [5, 5.41) is 0. The Morgan fingerprint density at radius 1 is 1.24 bits per heavy atom. The first-order valence-corrected chi connectivity index (χ1v) is 8.19. The first-order valence-electron chi connectivity index (χ1n) is 8.19. The molecule has 1 aromatic rings. The summed E-state index contributed by atoms with van der Waals surface area (Å²) >= 11 is 0. The van der Waals surface area contributed by atoms with Crippen LogP contribution in [0.15, 0.2) is 12.1 Å². The lowest BCUT2D eigenvalue weighted by atomic mass is 9.87. The van der Waals surface area contributed by atoms with Crippen LogP contribution in [0.3, 0.4) is 0 Å². The monoisotopic (exact) mass is 349 g/mol. The summed E-state index contributed by atoms with van der Waals surface area (Å²) in [7, 11) is 1.40. The van der Waals surface area contributed by atoms with Crippen molar-refractivity contribution in [1.82, 2.24) is 10.4 Å². The second-order valence-electron chi connectivity index (χ2n) is 6.08. The molecule has 0 unspecified atom stereocenters. The van der Waals surface area contributed by atoms with Crippen LogP contribution in [0.4, 0.5) is 0 Å². The molecule has 0 bridgehead atoms. The number of ether oxygens (including phenoxy) is 2. The zero-order valence-corrected chi connectivity index (χ0v) is 14.4. The number of amides is 1. The van der Waals surface area contributed by atoms with E-state index in [0.717, 1.165) is 25.7 Å². The maximum Gasteiger partial charge on any atom is 0.308 e. The summed E-state index contributed by atoms with van der Waals surface area (Å²) in [6.07, 6.45) is 2.93. The molecule has 1 aliphatic carbocycles. The maximum atomic E-state index is 11.6. The van der Waals surface area contributed by atoms with E-state index < -0.39 is 11.7 Å². The number of Topliss-reactive ketones (excluding diaryl/α,β-unsaturated/α-hetero) is 1. The Morgan fingerprint density at radius 2 is 1.92 bits per heavy atom. The number of rotatable bonds is 6. The molecule has 0 aliphatic heterocycles. The summed E-state index contributed by atoms with van der Waals surface area (Å²) in [5.41, 5.74) is 3.09. The van der Waals surface area contributed by atoms with Crippen LogP contribution >= 0.6 is 0 Å². The lowest BCUT2D eigenvalue weighted by molar-refractivity contribution is -0.147. The van der Waals surface area contributed by atoms with Gasteiger partial charge in [0, 0.05) is 18.2 Å². The molecule has 1 aromatic heterocycles. The minimum absolute atomic E-state index is 0.00306. The highest BCUT2D eigenvalue weighted by atomic mass is 16.5. The number of methoxy groups -OCH3 is 1. The van der Waals surface area contributed by atoms with Gasteiger partial charge in [-0.05, 0) is 38.2 Å². The van der Waals surface area contributed by atoms with E-state index in [1.165, 1.54) is 7.11 Å². The lowest BCUT2D eigenvalue weighted by Crippen LogP contribution is -2.37. The molecule has 2 rings (SSSR count). The summed E-state index contributed by atoms with van der Waals surface area (Å²) in [6, 6.07) is 3.40. The van der Waals surface area contributed by atoms with Crippen LogP contribution in [-0.2, 0) is 25.5 Å². The molecule has 1 aliphatic rings. The van der Waals surface area contributed by atoms with Crippen molar-refractivity contribution in [3.8, 4) is 5.88 Å². The SMILES string of the molecule is COC(=O)C1CCC(Oc2ccc(CC(=O)C(=O)NN)c(C)n2)CC1. The second kappa shape index (κ2) is 8.57. The molecule has 0 aromatic carbocycles. The molecule has 0 radical (unpaired) electrons. The van der Waals surface area contributed by atoms with E-state index in [0.29, 0.717) is 17.1 Å². The van der Waals surface area contributed by atoms with Crippen molar-refractivity contribution >= 4 is 17.7 Å². The van der Waals surface area contributed by atoms with Crippen LogP contribution in [0, 0.1) is 12.8 Å². The fraction of sp³-hybridized carbons (Fsp3) is 0.529. The molecule has 8 nitrogen and oxygen atoms in total. The fourth-order valence-electron chi connectivity index (χ4n) is 2.91. The van der Waals surface area contributed by atoms with Crippen LogP contribution in [0.5, 0.6) is 5.88 Å². The molecule has 1 heterocycles. The minimum atomic E-state index is -0.831. The number of nitrogens with zero attached hydrogens (tertiary/aromatic N) is 1. The van der Waals surface area contributed by atoms with Crippen LogP contribution < -0.4 is 16.0 Å². The van der Waals surface area contributed by atoms with E-state index in [4.69, 9.17) is 15.3 Å². The summed E-state index contributed by atoms with van der Waals surface area (Å²) in [6.45, 7) is 1.75. The predicted octanol–water partition coefficient (Wildman–Crippen LogP) is 0.602. The van der Waals surface area contributed by atoms with Gasteiger partial charge in [0.15, 0.2) is 0 Å². The molecular formula is C17H23N3O5. The van der Waals surface area contributed by atoms with Crippen molar-refractivity contribution in [2.45, 2.75) is 45.1 Å². The predicted molar refractivity (Wildman–Crippen MR) is 88.4 cm³/mol. The number of nitrogens with one attached hydrogen (secondary N) is 1. The number of hydrogen-bond acceptors (Lipinski definition) is 7. The van der Waals surface area contributed by atoms with Crippen LogP contribution in [-0.4, -0.2) is 35.9 Å². The van der Waals surface area contributed by atoms with Crippen LogP contribution in [0.2, 0.25) is 0 Å². The number of carbonyl (C=O) groups excluding carboxylic acids is 3. The van der Waals surface area contributed by atoms with Gasteiger partial charge in [0.25, 0.3) is 0 Å². The zero-order chi connectivity index (χ0) is 18.4. The number of hydrogen-bond donors (Lipinski definition) is 2. The summed E-state index contributed by atoms with van der Waals surface area (Å²) in [5.74, 6) is 3.74. The van der Waals surface area contributed by atoms with Crippen molar-refractivity contribution in [3.63, 3.8) is 0 Å². The van der Waals surface area contributed by atoms with Gasteiger partial charge in [0.1, 0.15) is 6.10 Å². The Hall–Kier alpha value is -2.48. The zero-order valence-electron chi connectivity index (χ0n) is 14.4. The van der Waals surface area contributed by atoms with Gasteiger partial charge in [-0.2, -0.15) is 0 Å². The number of pyridine rings is 1. The first-order chi connectivity index (χ1) is 11.9. The van der Waals surface area contributed by atoms with Crippen molar-refractivity contribution in [2.24, 2.45) is 11.8 Å². The highest BCUT2D eigenvalue weighted by Crippen LogP contribution is 2.28. The number of nitrogens with two attached hydrogens (primary N) is 1. The molecule has 8 heteroatoms. The molecule has 1 fully saturated rings. The van der Waals surface area contributed by atoms with Crippen molar-refractivity contribution in [3.05, 3.63) is 23.4 Å². The molecule has 3 N–H and O–H groups in total. The molecular weight excluding hydrogens is 326 g/mol. The minimum Gasteiger partial charge on any atom is -0.474 e. The van der Waals surface area contributed by atoms with E-state index in [9.17, 15) is 14.4 Å². The standard InChI is InChI=1S/C17H23N3O5/c1-10-12(9-14(21)16(22)20-18)5-8-15(19-10)25-13-6-3-11(4-7-13)17(23)24-2/h5,8,11,13H,3-4,6-7,9,18H2,1-2H3,(H,20,22). The number of aromatic nitrogens is 1. The molecule has 136 valence electrons. The normalized spacial score (nSPS) is 19.8. The van der Waals surface area contributed by atoms with E-state index in [-0.39, 0.29) is 24.4 Å². The highest BCUT2D eigenvalue weighted by molar-refractivity contribution is 6.36. The molecule has 0 spiro atoms. The number of hydrazine groups is 1. The highest BCUT2D eigenvalue weighted by Gasteiger charge is 2.28.